The molecule has 0 saturated carbocycles. The van der Waals surface area contributed by atoms with Crippen molar-refractivity contribution in [2.75, 3.05) is 13.2 Å². The first-order valence-electron chi connectivity index (χ1n) is 11.7. The summed E-state index contributed by atoms with van der Waals surface area (Å²) in [5.74, 6) is -2.31. The number of amides is 1. The summed E-state index contributed by atoms with van der Waals surface area (Å²) in [6.45, 7) is 7.35. The highest BCUT2D eigenvalue weighted by atomic mass is 79.9. The number of esters is 2. The lowest BCUT2D eigenvalue weighted by Crippen LogP contribution is -2.50. The molecule has 186 valence electrons. The van der Waals surface area contributed by atoms with Crippen LogP contribution >= 0.6 is 15.9 Å². The van der Waals surface area contributed by atoms with E-state index >= 15 is 0 Å². The molecule has 4 atom stereocenters. The summed E-state index contributed by atoms with van der Waals surface area (Å²) in [4.78, 5) is 42.8. The second-order valence-electron chi connectivity index (χ2n) is 9.81. The molecule has 0 N–H and O–H groups in total. The number of fused-ring (bicyclic) bond motifs is 1. The number of halogens is 1. The van der Waals surface area contributed by atoms with Crippen LogP contribution in [0.3, 0.4) is 0 Å². The van der Waals surface area contributed by atoms with Crippen LogP contribution in [-0.2, 0) is 34.0 Å². The zero-order valence-corrected chi connectivity index (χ0v) is 21.9. The molecule has 0 spiro atoms. The van der Waals surface area contributed by atoms with E-state index in [2.05, 4.69) is 15.9 Å². The molecule has 35 heavy (non-hydrogen) atoms. The van der Waals surface area contributed by atoms with E-state index in [1.54, 1.807) is 56.9 Å². The summed E-state index contributed by atoms with van der Waals surface area (Å²) in [5, 5.41) is 0. The Labute approximate surface area is 213 Å². The van der Waals surface area contributed by atoms with E-state index in [0.29, 0.717) is 5.56 Å². The third-order valence-electron chi connectivity index (χ3n) is 6.42. The SMILES string of the molecule is CCOC(=O)[C@]1(c2ccc(Br)cc2)C(=O)N2[C@@H](c3ccccc3)OC[C@@H]2[C@H]1CC(=O)OC(C)(C)C. The highest BCUT2D eigenvalue weighted by Gasteiger charge is 2.68. The van der Waals surface area contributed by atoms with E-state index < -0.39 is 47.0 Å². The van der Waals surface area contributed by atoms with Gasteiger partial charge in [0.15, 0.2) is 11.6 Å². The largest absolute Gasteiger partial charge is 0.465 e. The number of rotatable bonds is 6. The fourth-order valence-corrected chi connectivity index (χ4v) is 5.38. The van der Waals surface area contributed by atoms with Crippen LogP contribution in [0, 0.1) is 5.92 Å². The lowest BCUT2D eigenvalue weighted by Gasteiger charge is -2.33. The molecule has 8 heteroatoms. The van der Waals surface area contributed by atoms with Crippen LogP contribution in [0.4, 0.5) is 0 Å². The predicted molar refractivity (Wildman–Crippen MR) is 132 cm³/mol. The molecule has 7 nitrogen and oxygen atoms in total. The molecule has 0 aliphatic carbocycles. The Morgan fingerprint density at radius 2 is 1.77 bits per heavy atom. The summed E-state index contributed by atoms with van der Waals surface area (Å²) >= 11 is 3.43. The van der Waals surface area contributed by atoms with Crippen LogP contribution < -0.4 is 0 Å². The Kier molecular flexibility index (Phi) is 7.06. The molecule has 0 bridgehead atoms. The van der Waals surface area contributed by atoms with Gasteiger partial charge in [0.25, 0.3) is 0 Å². The lowest BCUT2D eigenvalue weighted by atomic mass is 9.68. The van der Waals surface area contributed by atoms with Gasteiger partial charge in [0, 0.05) is 16.0 Å². The molecular weight excluding hydrogens is 514 g/mol. The minimum atomic E-state index is -1.70. The van der Waals surface area contributed by atoms with Gasteiger partial charge in [-0.25, -0.2) is 0 Å². The van der Waals surface area contributed by atoms with Gasteiger partial charge in [-0.15, -0.1) is 0 Å². The van der Waals surface area contributed by atoms with Crippen molar-refractivity contribution in [1.29, 1.82) is 0 Å². The maximum Gasteiger partial charge on any atom is 0.326 e. The molecular formula is C27H30BrNO6. The summed E-state index contributed by atoms with van der Waals surface area (Å²) < 4.78 is 18.0. The monoisotopic (exact) mass is 543 g/mol. The van der Waals surface area contributed by atoms with Gasteiger partial charge in [0.05, 0.1) is 25.7 Å². The molecule has 2 aromatic rings. The average Bonchev–Trinajstić information content (AvgIpc) is 3.33. The van der Waals surface area contributed by atoms with Gasteiger partial charge in [-0.1, -0.05) is 58.4 Å². The Balaban J connectivity index is 1.86. The molecule has 2 heterocycles. The van der Waals surface area contributed by atoms with Crippen LogP contribution in [0.5, 0.6) is 0 Å². The molecule has 0 unspecified atom stereocenters. The quantitative estimate of drug-likeness (QED) is 0.393. The maximum atomic E-state index is 14.4. The first-order chi connectivity index (χ1) is 16.6. The summed E-state index contributed by atoms with van der Waals surface area (Å²) in [6, 6.07) is 15.9. The van der Waals surface area contributed by atoms with Crippen LogP contribution in [0.2, 0.25) is 0 Å². The van der Waals surface area contributed by atoms with Crippen molar-refractivity contribution in [3.63, 3.8) is 0 Å². The van der Waals surface area contributed by atoms with Crippen molar-refractivity contribution >= 4 is 33.8 Å². The van der Waals surface area contributed by atoms with Crippen LogP contribution in [-0.4, -0.2) is 47.6 Å². The first-order valence-corrected chi connectivity index (χ1v) is 12.5. The van der Waals surface area contributed by atoms with Crippen molar-refractivity contribution in [3.05, 3.63) is 70.2 Å². The number of benzene rings is 2. The lowest BCUT2D eigenvalue weighted by molar-refractivity contribution is -0.161. The fraction of sp³-hybridized carbons (Fsp3) is 0.444. The number of ether oxygens (including phenoxy) is 3. The van der Waals surface area contributed by atoms with E-state index in [4.69, 9.17) is 14.2 Å². The van der Waals surface area contributed by atoms with Gasteiger partial charge in [0.2, 0.25) is 5.91 Å². The normalized spacial score (nSPS) is 25.9. The van der Waals surface area contributed by atoms with Gasteiger partial charge < -0.3 is 19.1 Å². The van der Waals surface area contributed by atoms with Crippen molar-refractivity contribution in [2.24, 2.45) is 5.92 Å². The molecule has 0 radical (unpaired) electrons. The second-order valence-corrected chi connectivity index (χ2v) is 10.7. The Morgan fingerprint density at radius 3 is 2.37 bits per heavy atom. The molecule has 2 aromatic carbocycles. The summed E-state index contributed by atoms with van der Waals surface area (Å²) in [7, 11) is 0. The predicted octanol–water partition coefficient (Wildman–Crippen LogP) is 4.54. The molecule has 2 aliphatic heterocycles. The second kappa shape index (κ2) is 9.74. The standard InChI is InChI=1S/C27H30BrNO6/c1-5-33-25(32)27(18-11-13-19(28)14-12-18)20(15-22(30)35-26(2,3)4)21-16-34-23(29(21)24(27)31)17-9-7-6-8-10-17/h6-14,20-21,23H,5,15-16H2,1-4H3/t20-,21-,23-,27+/m1/s1. The van der Waals surface area contributed by atoms with Crippen molar-refractivity contribution in [3.8, 4) is 0 Å². The smallest absolute Gasteiger partial charge is 0.326 e. The van der Waals surface area contributed by atoms with Gasteiger partial charge in [-0.2, -0.15) is 0 Å². The van der Waals surface area contributed by atoms with Crippen LogP contribution in [0.1, 0.15) is 51.5 Å². The van der Waals surface area contributed by atoms with Crippen molar-refractivity contribution in [2.45, 2.75) is 57.4 Å². The van der Waals surface area contributed by atoms with E-state index in [1.807, 2.05) is 30.3 Å². The highest BCUT2D eigenvalue weighted by Crippen LogP contribution is 2.53. The van der Waals surface area contributed by atoms with Crippen molar-refractivity contribution in [1.82, 2.24) is 4.90 Å². The molecule has 2 aliphatic rings. The fourth-order valence-electron chi connectivity index (χ4n) is 5.12. The van der Waals surface area contributed by atoms with Gasteiger partial charge in [-0.05, 0) is 45.4 Å². The molecule has 0 aromatic heterocycles. The van der Waals surface area contributed by atoms with Gasteiger partial charge in [-0.3, -0.25) is 14.4 Å². The highest BCUT2D eigenvalue weighted by molar-refractivity contribution is 9.10. The zero-order chi connectivity index (χ0) is 25.4. The van der Waals surface area contributed by atoms with Gasteiger partial charge in [0.1, 0.15) is 5.60 Å². The van der Waals surface area contributed by atoms with E-state index in [9.17, 15) is 14.4 Å². The maximum absolute atomic E-state index is 14.4. The van der Waals surface area contributed by atoms with Gasteiger partial charge >= 0.3 is 11.9 Å². The minimum Gasteiger partial charge on any atom is -0.465 e. The van der Waals surface area contributed by atoms with E-state index in [0.717, 1.165) is 10.0 Å². The average molecular weight is 544 g/mol. The molecule has 4 rings (SSSR count). The molecule has 2 fully saturated rings. The summed E-state index contributed by atoms with van der Waals surface area (Å²) in [5.41, 5.74) is -1.12. The zero-order valence-electron chi connectivity index (χ0n) is 20.3. The van der Waals surface area contributed by atoms with Crippen LogP contribution in [0.25, 0.3) is 0 Å². The number of hydrogen-bond acceptors (Lipinski definition) is 6. The number of carbonyl (C=O) groups excluding carboxylic acids is 3. The third kappa shape index (κ3) is 4.61. The number of carbonyl (C=O) groups is 3. The first kappa shape index (κ1) is 25.4. The molecule has 2 saturated heterocycles. The Bertz CT molecular complexity index is 1100. The van der Waals surface area contributed by atoms with Crippen molar-refractivity contribution < 1.29 is 28.6 Å². The van der Waals surface area contributed by atoms with Crippen LogP contribution in [0.15, 0.2) is 59.1 Å². The Hall–Kier alpha value is -2.71. The third-order valence-corrected chi connectivity index (χ3v) is 6.94. The number of hydrogen-bond donors (Lipinski definition) is 0. The number of nitrogens with zero attached hydrogens (tertiary/aromatic N) is 1. The Morgan fingerprint density at radius 1 is 1.11 bits per heavy atom. The molecule has 1 amide bonds. The van der Waals surface area contributed by atoms with E-state index in [-0.39, 0.29) is 19.6 Å². The minimum absolute atomic E-state index is 0.104. The summed E-state index contributed by atoms with van der Waals surface area (Å²) in [6.07, 6.45) is -0.800. The van der Waals surface area contributed by atoms with E-state index in [1.165, 1.54) is 0 Å². The topological polar surface area (TPSA) is 82.1 Å².